The van der Waals surface area contributed by atoms with Crippen LogP contribution in [0.4, 0.5) is 5.82 Å². The molecule has 1 unspecified atom stereocenters. The van der Waals surface area contributed by atoms with Gasteiger partial charge in [-0.05, 0) is 43.5 Å². The summed E-state index contributed by atoms with van der Waals surface area (Å²) >= 11 is 5.96. The number of halogens is 1. The molecule has 1 aliphatic heterocycles. The van der Waals surface area contributed by atoms with E-state index in [1.807, 2.05) is 43.5 Å². The minimum Gasteiger partial charge on any atom is -0.356 e. The summed E-state index contributed by atoms with van der Waals surface area (Å²) in [5.74, 6) is 0.911. The fraction of sp³-hybridized carbons (Fsp3) is 0.381. The summed E-state index contributed by atoms with van der Waals surface area (Å²) in [6.45, 7) is 3.74. The Kier molecular flexibility index (Phi) is 5.43. The van der Waals surface area contributed by atoms with Crippen molar-refractivity contribution in [3.63, 3.8) is 0 Å². The molecule has 0 radical (unpaired) electrons. The zero-order valence-corrected chi connectivity index (χ0v) is 17.1. The van der Waals surface area contributed by atoms with Crippen LogP contribution in [0, 0.1) is 5.41 Å². The Labute approximate surface area is 174 Å². The number of piperidine rings is 1. The van der Waals surface area contributed by atoms with E-state index in [2.05, 4.69) is 25.2 Å². The largest absolute Gasteiger partial charge is 0.356 e. The molecule has 0 saturated carbocycles. The Morgan fingerprint density at radius 2 is 2.00 bits per heavy atom. The lowest BCUT2D eigenvalue weighted by Gasteiger charge is -2.41. The highest BCUT2D eigenvalue weighted by Gasteiger charge is 2.41. The van der Waals surface area contributed by atoms with Crippen molar-refractivity contribution in [1.82, 2.24) is 20.3 Å². The van der Waals surface area contributed by atoms with Crippen molar-refractivity contribution in [2.75, 3.05) is 24.5 Å². The Morgan fingerprint density at radius 3 is 2.69 bits per heavy atom. The smallest absolute Gasteiger partial charge is 0.228 e. The summed E-state index contributed by atoms with van der Waals surface area (Å²) in [7, 11) is 0. The maximum absolute atomic E-state index is 13.1. The Balaban J connectivity index is 1.45. The van der Waals surface area contributed by atoms with Crippen LogP contribution in [0.25, 0.3) is 11.0 Å². The minimum absolute atomic E-state index is 0.0107. The first-order valence-corrected chi connectivity index (χ1v) is 10.2. The van der Waals surface area contributed by atoms with Gasteiger partial charge in [0, 0.05) is 30.9 Å². The number of nitrogens with zero attached hydrogens (tertiary/aromatic N) is 3. The molecule has 1 fully saturated rings. The molecule has 3 heterocycles. The zero-order chi connectivity index (χ0) is 20.4. The number of aromatic amines is 1. The summed E-state index contributed by atoms with van der Waals surface area (Å²) in [4.78, 5) is 27.2. The summed E-state index contributed by atoms with van der Waals surface area (Å²) in [5.41, 5.74) is 7.37. The lowest BCUT2D eigenvalue weighted by atomic mass is 9.77. The summed E-state index contributed by atoms with van der Waals surface area (Å²) in [6, 6.07) is 9.41. The molecule has 4 rings (SSSR count). The van der Waals surface area contributed by atoms with Gasteiger partial charge in [0.15, 0.2) is 0 Å². The van der Waals surface area contributed by atoms with Crippen LogP contribution in [0.2, 0.25) is 5.02 Å². The van der Waals surface area contributed by atoms with Crippen molar-refractivity contribution < 1.29 is 4.79 Å². The molecular weight excluding hydrogens is 388 g/mol. The number of aromatic nitrogens is 3. The molecule has 1 aliphatic rings. The number of nitrogens with two attached hydrogens (primary N) is 1. The number of nitrogens with one attached hydrogen (secondary N) is 2. The van der Waals surface area contributed by atoms with Gasteiger partial charge < -0.3 is 20.9 Å². The number of anilines is 1. The van der Waals surface area contributed by atoms with E-state index in [0.717, 1.165) is 35.5 Å². The van der Waals surface area contributed by atoms with Crippen LogP contribution in [0.5, 0.6) is 0 Å². The van der Waals surface area contributed by atoms with Gasteiger partial charge in [-0.15, -0.1) is 0 Å². The second kappa shape index (κ2) is 8.00. The third-order valence-corrected chi connectivity index (χ3v) is 6.20. The lowest BCUT2D eigenvalue weighted by molar-refractivity contribution is -0.132. The predicted octanol–water partition coefficient (Wildman–Crippen LogP) is 3.03. The molecule has 4 N–H and O–H groups in total. The van der Waals surface area contributed by atoms with Gasteiger partial charge >= 0.3 is 0 Å². The first kappa shape index (κ1) is 19.7. The molecule has 1 atom stereocenters. The number of hydrogen-bond acceptors (Lipinski definition) is 5. The van der Waals surface area contributed by atoms with Crippen LogP contribution in [-0.2, 0) is 4.79 Å². The number of amides is 1. The van der Waals surface area contributed by atoms with Gasteiger partial charge in [-0.25, -0.2) is 9.97 Å². The molecule has 0 bridgehead atoms. The molecule has 1 saturated heterocycles. The molecule has 3 aromatic rings. The molecule has 1 amide bonds. The molecule has 152 valence electrons. The van der Waals surface area contributed by atoms with Gasteiger partial charge in [0.2, 0.25) is 5.91 Å². The third kappa shape index (κ3) is 3.80. The minimum atomic E-state index is -0.568. The van der Waals surface area contributed by atoms with E-state index in [9.17, 15) is 4.79 Å². The summed E-state index contributed by atoms with van der Waals surface area (Å²) in [6.07, 6.45) is 4.79. The molecule has 0 aliphatic carbocycles. The van der Waals surface area contributed by atoms with E-state index in [1.165, 1.54) is 0 Å². The number of rotatable bonds is 5. The average Bonchev–Trinajstić information content (AvgIpc) is 3.23. The molecule has 7 nitrogen and oxygen atoms in total. The maximum atomic E-state index is 13.1. The van der Waals surface area contributed by atoms with E-state index in [0.29, 0.717) is 24.4 Å². The topological polar surface area (TPSA) is 99.9 Å². The Morgan fingerprint density at radius 1 is 1.28 bits per heavy atom. The van der Waals surface area contributed by atoms with Crippen molar-refractivity contribution in [3.8, 4) is 0 Å². The maximum Gasteiger partial charge on any atom is 0.228 e. The number of hydrogen-bond donors (Lipinski definition) is 3. The number of fused-ring (bicyclic) bond motifs is 1. The zero-order valence-electron chi connectivity index (χ0n) is 16.4. The van der Waals surface area contributed by atoms with Crippen LogP contribution < -0.4 is 16.0 Å². The Bertz CT molecular complexity index is 994. The van der Waals surface area contributed by atoms with Gasteiger partial charge in [-0.1, -0.05) is 23.7 Å². The molecule has 2 aromatic heterocycles. The number of carbonyl (C=O) groups is 1. The Hall–Kier alpha value is -2.64. The van der Waals surface area contributed by atoms with Crippen molar-refractivity contribution >= 4 is 34.4 Å². The van der Waals surface area contributed by atoms with Crippen LogP contribution in [0.15, 0.2) is 42.9 Å². The van der Waals surface area contributed by atoms with Crippen molar-refractivity contribution in [3.05, 3.63) is 53.4 Å². The first-order valence-electron chi connectivity index (χ1n) is 9.82. The van der Waals surface area contributed by atoms with E-state index >= 15 is 0 Å². The highest BCUT2D eigenvalue weighted by atomic mass is 35.5. The van der Waals surface area contributed by atoms with Crippen molar-refractivity contribution in [2.45, 2.75) is 25.8 Å². The fourth-order valence-electron chi connectivity index (χ4n) is 3.97. The lowest BCUT2D eigenvalue weighted by Crippen LogP contribution is -2.53. The molecule has 29 heavy (non-hydrogen) atoms. The van der Waals surface area contributed by atoms with Crippen LogP contribution in [0.1, 0.15) is 31.4 Å². The monoisotopic (exact) mass is 412 g/mol. The fourth-order valence-corrected chi connectivity index (χ4v) is 4.09. The standard InChI is InChI=1S/C21H25ClN6O/c1-14(15-2-4-16(22)5-3-15)27-20(29)21(12-23)7-10-28(11-8-21)19-17-6-9-24-18(17)25-13-26-19/h2-6,9,13-14H,7-8,10-12,23H2,1H3,(H,27,29)(H,24,25,26). The second-order valence-electron chi connectivity index (χ2n) is 7.66. The van der Waals surface area contributed by atoms with E-state index in [-0.39, 0.29) is 11.9 Å². The van der Waals surface area contributed by atoms with E-state index in [4.69, 9.17) is 17.3 Å². The van der Waals surface area contributed by atoms with Gasteiger partial charge in [0.05, 0.1) is 16.8 Å². The molecule has 0 spiro atoms. The second-order valence-corrected chi connectivity index (χ2v) is 8.09. The predicted molar refractivity (Wildman–Crippen MR) is 115 cm³/mol. The van der Waals surface area contributed by atoms with Crippen LogP contribution in [-0.4, -0.2) is 40.5 Å². The normalized spacial score (nSPS) is 17.3. The molecule has 8 heteroatoms. The quantitative estimate of drug-likeness (QED) is 0.598. The number of benzene rings is 1. The van der Waals surface area contributed by atoms with Crippen LogP contribution in [0.3, 0.4) is 0 Å². The van der Waals surface area contributed by atoms with E-state index in [1.54, 1.807) is 6.33 Å². The number of H-pyrrole nitrogens is 1. The third-order valence-electron chi connectivity index (χ3n) is 5.94. The van der Waals surface area contributed by atoms with Crippen molar-refractivity contribution in [2.24, 2.45) is 11.1 Å². The highest BCUT2D eigenvalue weighted by molar-refractivity contribution is 6.30. The van der Waals surface area contributed by atoms with Gasteiger partial charge in [0.25, 0.3) is 0 Å². The average molecular weight is 413 g/mol. The summed E-state index contributed by atoms with van der Waals surface area (Å²) in [5, 5.41) is 4.82. The SMILES string of the molecule is CC(NC(=O)C1(CN)CCN(c2ncnc3[nH]ccc23)CC1)c1ccc(Cl)cc1. The van der Waals surface area contributed by atoms with Gasteiger partial charge in [0.1, 0.15) is 17.8 Å². The highest BCUT2D eigenvalue weighted by Crippen LogP contribution is 2.35. The molecular formula is C21H25ClN6O. The van der Waals surface area contributed by atoms with Crippen molar-refractivity contribution in [1.29, 1.82) is 0 Å². The van der Waals surface area contributed by atoms with Gasteiger partial charge in [-0.3, -0.25) is 4.79 Å². The first-order chi connectivity index (χ1) is 14.0. The summed E-state index contributed by atoms with van der Waals surface area (Å²) < 4.78 is 0. The van der Waals surface area contributed by atoms with Crippen LogP contribution >= 0.6 is 11.6 Å². The molecule has 1 aromatic carbocycles. The van der Waals surface area contributed by atoms with Gasteiger partial charge in [-0.2, -0.15) is 0 Å². The number of carbonyl (C=O) groups excluding carboxylic acids is 1. The van der Waals surface area contributed by atoms with E-state index < -0.39 is 5.41 Å².